The molecule has 1 aliphatic heterocycles. The van der Waals surface area contributed by atoms with E-state index in [2.05, 4.69) is 58.8 Å². The fraction of sp³-hybridized carbons (Fsp3) is 0.680. The predicted octanol–water partition coefficient (Wildman–Crippen LogP) is 9.30. The summed E-state index contributed by atoms with van der Waals surface area (Å²) >= 11 is 0. The van der Waals surface area contributed by atoms with Crippen LogP contribution in [0.3, 0.4) is 0 Å². The maximum atomic E-state index is 12.8. The van der Waals surface area contributed by atoms with Crippen LogP contribution in [0, 0.1) is 0 Å². The molecule has 7 N–H and O–H groups in total. The maximum absolute atomic E-state index is 12.8. The number of allylic oxidation sites excluding steroid dienone is 10. The van der Waals surface area contributed by atoms with E-state index in [-0.39, 0.29) is 24.8 Å². The number of hydrogen-bond donors (Lipinski definition) is 6. The number of unbranched alkanes of at least 4 members (excludes halogenated alkanes) is 13. The molecule has 0 aromatic carbocycles. The number of hydrogen-bond acceptors (Lipinski definition) is 16. The molecule has 1 aromatic heterocycles. The fourth-order valence-electron chi connectivity index (χ4n) is 7.14. The van der Waals surface area contributed by atoms with Gasteiger partial charge in [0, 0.05) is 19.0 Å². The van der Waals surface area contributed by atoms with Gasteiger partial charge in [-0.1, -0.05) is 119 Å². The molecular weight excluding hydrogens is 961 g/mol. The maximum Gasteiger partial charge on any atom is 0.481 e. The zero-order valence-electron chi connectivity index (χ0n) is 41.9. The highest BCUT2D eigenvalue weighted by molar-refractivity contribution is 7.61. The first kappa shape index (κ1) is 63.5. The molecule has 2 heterocycles. The normalized spacial score (nSPS) is 20.1. The van der Waals surface area contributed by atoms with E-state index in [9.17, 15) is 48.6 Å². The zero-order valence-corrected chi connectivity index (χ0v) is 43.7. The monoisotopic (exact) mass is 1040 g/mol. The van der Waals surface area contributed by atoms with Gasteiger partial charge in [0.25, 0.3) is 0 Å². The molecule has 0 aliphatic carbocycles. The standard InChI is InChI=1S/C50H83N3O16P2/c1-3-4-5-6-7-8-9-10-12-16-19-22-25-28-31-34-45(55)64-38-42(67-46(56)35-32-29-26-23-20-17-14-11-13-15-18-21-24-27-30-33-41(2)54)39-65-70(60,61)69-71(62,63)66-40-43-47(57)48(58)49(68-43)53-37-36-44(51)52-50(53)59/h10,12-15,17,21,23-24,26,36-37,41-43,47-49,54,57-58H,3-9,11,16,18-20,22,25,27-35,38-40H2,1-2H3,(H,60,61)(H,62,63)(H2,51,52,59)/b12-10-,15-13-,17-14-,24-21-,26-23-/t41-,42+,43+,47+,48+,49+/m0/s1. The number of nitrogens with two attached hydrogens (primary N) is 1. The third-order valence-electron chi connectivity index (χ3n) is 11.1. The molecule has 1 aliphatic rings. The Balaban J connectivity index is 1.83. The molecule has 1 saturated heterocycles. The van der Waals surface area contributed by atoms with E-state index >= 15 is 0 Å². The van der Waals surface area contributed by atoms with Crippen molar-refractivity contribution >= 4 is 33.4 Å². The number of rotatable bonds is 41. The Morgan fingerprint density at radius 1 is 0.732 bits per heavy atom. The predicted molar refractivity (Wildman–Crippen MR) is 272 cm³/mol. The minimum atomic E-state index is -5.44. The molecule has 1 fully saturated rings. The summed E-state index contributed by atoms with van der Waals surface area (Å²) in [4.78, 5) is 61.9. The second-order valence-corrected chi connectivity index (χ2v) is 20.6. The van der Waals surface area contributed by atoms with Crippen LogP contribution in [-0.2, 0) is 46.3 Å². The SMILES string of the molecule is CCCCCCCC/C=C\CCCCCCCC(=O)OC[C@H](COP(=O)(O)OP(=O)(O)OC[C@H]1O[C@@H](n2ccc(N)nc2=O)[C@H](O)[C@@H]1O)OC(=O)CCC/C=C\C/C=C\C/C=C\C/C=C\CCC[C@H](C)O. The average Bonchev–Trinajstić information content (AvgIpc) is 3.59. The molecule has 0 saturated carbocycles. The molecule has 1 aromatic rings. The van der Waals surface area contributed by atoms with Crippen LogP contribution >= 0.6 is 15.6 Å². The van der Waals surface area contributed by atoms with Crippen molar-refractivity contribution in [2.45, 2.75) is 198 Å². The zero-order chi connectivity index (χ0) is 52.2. The first-order valence-electron chi connectivity index (χ1n) is 25.3. The largest absolute Gasteiger partial charge is 0.481 e. The molecule has 0 amide bonds. The van der Waals surface area contributed by atoms with Crippen molar-refractivity contribution in [2.24, 2.45) is 0 Å². The second kappa shape index (κ2) is 38.1. The van der Waals surface area contributed by atoms with E-state index in [4.69, 9.17) is 29.0 Å². The van der Waals surface area contributed by atoms with E-state index in [1.54, 1.807) is 6.92 Å². The molecule has 71 heavy (non-hydrogen) atoms. The Hall–Kier alpha value is -3.58. The van der Waals surface area contributed by atoms with Gasteiger partial charge in [-0.05, 0) is 96.5 Å². The number of carbonyl (C=O) groups is 2. The highest BCUT2D eigenvalue weighted by Gasteiger charge is 2.46. The second-order valence-electron chi connectivity index (χ2n) is 17.6. The third-order valence-corrected chi connectivity index (χ3v) is 13.7. The number of esters is 2. The van der Waals surface area contributed by atoms with Gasteiger partial charge in [-0.2, -0.15) is 9.29 Å². The van der Waals surface area contributed by atoms with Crippen LogP contribution < -0.4 is 11.4 Å². The minimum Gasteiger partial charge on any atom is -0.462 e. The molecule has 0 spiro atoms. The van der Waals surface area contributed by atoms with Gasteiger partial charge in [0.1, 0.15) is 30.7 Å². The van der Waals surface area contributed by atoms with E-state index in [1.165, 1.54) is 44.6 Å². The Bertz CT molecular complexity index is 1940. The number of phosphoric ester groups is 2. The van der Waals surface area contributed by atoms with Gasteiger partial charge in [0.05, 0.1) is 19.3 Å². The van der Waals surface area contributed by atoms with Crippen LogP contribution in [0.15, 0.2) is 77.8 Å². The van der Waals surface area contributed by atoms with Crippen molar-refractivity contribution in [3.05, 3.63) is 83.5 Å². The van der Waals surface area contributed by atoms with Crippen LogP contribution in [0.1, 0.15) is 168 Å². The smallest absolute Gasteiger partial charge is 0.462 e. The van der Waals surface area contributed by atoms with Crippen LogP contribution in [0.5, 0.6) is 0 Å². The van der Waals surface area contributed by atoms with E-state index in [0.717, 1.165) is 81.4 Å². The number of nitrogens with zero attached hydrogens (tertiary/aromatic N) is 2. The number of carbonyl (C=O) groups excluding carboxylic acids is 2. The van der Waals surface area contributed by atoms with Crippen molar-refractivity contribution in [3.8, 4) is 0 Å². The molecule has 404 valence electrons. The summed E-state index contributed by atoms with van der Waals surface area (Å²) in [6.45, 7) is 1.63. The van der Waals surface area contributed by atoms with Crippen molar-refractivity contribution in [1.82, 2.24) is 9.55 Å². The van der Waals surface area contributed by atoms with Crippen molar-refractivity contribution < 1.29 is 71.4 Å². The minimum absolute atomic E-state index is 0.0412. The van der Waals surface area contributed by atoms with Gasteiger partial charge < -0.3 is 45.1 Å². The van der Waals surface area contributed by atoms with Gasteiger partial charge in [-0.15, -0.1) is 0 Å². The van der Waals surface area contributed by atoms with Gasteiger partial charge >= 0.3 is 33.3 Å². The summed E-state index contributed by atoms with van der Waals surface area (Å²) in [7, 11) is -10.9. The Morgan fingerprint density at radius 2 is 1.25 bits per heavy atom. The first-order valence-corrected chi connectivity index (χ1v) is 28.3. The summed E-state index contributed by atoms with van der Waals surface area (Å²) in [5.41, 5.74) is 4.58. The molecule has 19 nitrogen and oxygen atoms in total. The van der Waals surface area contributed by atoms with Gasteiger partial charge in [-0.25, -0.2) is 13.9 Å². The first-order chi connectivity index (χ1) is 34.0. The fourth-order valence-corrected chi connectivity index (χ4v) is 9.25. The summed E-state index contributed by atoms with van der Waals surface area (Å²) in [5, 5.41) is 30.2. The van der Waals surface area contributed by atoms with Crippen molar-refractivity contribution in [3.63, 3.8) is 0 Å². The lowest BCUT2D eigenvalue weighted by Crippen LogP contribution is -2.36. The number of aliphatic hydroxyl groups is 3. The summed E-state index contributed by atoms with van der Waals surface area (Å²) in [6.07, 6.45) is 34.4. The highest BCUT2D eigenvalue weighted by Crippen LogP contribution is 2.60. The number of anilines is 1. The van der Waals surface area contributed by atoms with Gasteiger partial charge in [0.15, 0.2) is 12.3 Å². The molecular formula is C50H83N3O16P2. The molecule has 0 bridgehead atoms. The van der Waals surface area contributed by atoms with Gasteiger partial charge in [-0.3, -0.25) is 23.2 Å². The Kier molecular flexibility index (Phi) is 34.1. The molecule has 21 heteroatoms. The lowest BCUT2D eigenvalue weighted by Gasteiger charge is -2.21. The van der Waals surface area contributed by atoms with Crippen LogP contribution in [0.4, 0.5) is 5.82 Å². The van der Waals surface area contributed by atoms with Gasteiger partial charge in [0.2, 0.25) is 0 Å². The lowest BCUT2D eigenvalue weighted by atomic mass is 10.1. The number of aliphatic hydroxyl groups excluding tert-OH is 3. The summed E-state index contributed by atoms with van der Waals surface area (Å²) in [5.74, 6) is -1.40. The van der Waals surface area contributed by atoms with Crippen LogP contribution in [0.2, 0.25) is 0 Å². The molecule has 8 atom stereocenters. The lowest BCUT2D eigenvalue weighted by molar-refractivity contribution is -0.161. The summed E-state index contributed by atoms with van der Waals surface area (Å²) in [6, 6.07) is 1.24. The van der Waals surface area contributed by atoms with Crippen molar-refractivity contribution in [1.29, 1.82) is 0 Å². The third kappa shape index (κ3) is 31.6. The van der Waals surface area contributed by atoms with E-state index in [1.807, 2.05) is 18.2 Å². The average molecular weight is 1040 g/mol. The topological polar surface area (TPSA) is 286 Å². The molecule has 2 rings (SSSR count). The van der Waals surface area contributed by atoms with E-state index < -0.39 is 83.7 Å². The molecule has 2 unspecified atom stereocenters. The quantitative estimate of drug-likeness (QED) is 0.0154. The summed E-state index contributed by atoms with van der Waals surface area (Å²) < 4.78 is 56.7. The van der Waals surface area contributed by atoms with Crippen LogP contribution in [0.25, 0.3) is 0 Å². The number of phosphoric acid groups is 2. The Labute approximate surface area is 420 Å². The van der Waals surface area contributed by atoms with Crippen molar-refractivity contribution in [2.75, 3.05) is 25.6 Å². The number of ether oxygens (including phenoxy) is 3. The molecule has 0 radical (unpaired) electrons. The van der Waals surface area contributed by atoms with E-state index in [0.29, 0.717) is 25.7 Å². The highest BCUT2D eigenvalue weighted by atomic mass is 31.3. The number of aromatic nitrogens is 2. The Morgan fingerprint density at radius 3 is 1.86 bits per heavy atom. The van der Waals surface area contributed by atoms with Crippen LogP contribution in [-0.4, -0.2) is 96.9 Å². The number of nitrogen functional groups attached to an aromatic ring is 1.